The average molecular weight is 212 g/mol. The molecule has 1 fully saturated rings. The van der Waals surface area contributed by atoms with Crippen LogP contribution in [-0.2, 0) is 4.79 Å². The molecule has 0 aromatic heterocycles. The molecule has 0 bridgehead atoms. The molecule has 0 spiro atoms. The zero-order valence-electron chi connectivity index (χ0n) is 10.0. The molecular formula is C12H24N2O. The summed E-state index contributed by atoms with van der Waals surface area (Å²) in [6.07, 6.45) is 5.51. The molecule has 1 amide bonds. The molecule has 1 rings (SSSR count). The van der Waals surface area contributed by atoms with Crippen LogP contribution in [0.15, 0.2) is 0 Å². The lowest BCUT2D eigenvalue weighted by molar-refractivity contribution is -0.139. The van der Waals surface area contributed by atoms with E-state index in [1.807, 2.05) is 6.92 Å². The summed E-state index contributed by atoms with van der Waals surface area (Å²) in [5.74, 6) is 0.499. The fourth-order valence-corrected chi connectivity index (χ4v) is 1.89. The summed E-state index contributed by atoms with van der Waals surface area (Å²) in [7, 11) is 0. The molecule has 1 unspecified atom stereocenters. The van der Waals surface area contributed by atoms with Gasteiger partial charge < -0.3 is 10.6 Å². The number of hydrogen-bond donors (Lipinski definition) is 1. The van der Waals surface area contributed by atoms with E-state index in [0.717, 1.165) is 19.4 Å². The van der Waals surface area contributed by atoms with Gasteiger partial charge in [-0.05, 0) is 38.6 Å². The molecule has 0 heterocycles. The molecule has 0 saturated heterocycles. The number of carbonyl (C=O) groups is 1. The predicted molar refractivity (Wildman–Crippen MR) is 62.5 cm³/mol. The Morgan fingerprint density at radius 2 is 2.20 bits per heavy atom. The van der Waals surface area contributed by atoms with Crippen molar-refractivity contribution in [2.45, 2.75) is 52.0 Å². The van der Waals surface area contributed by atoms with E-state index in [-0.39, 0.29) is 5.92 Å². The minimum atomic E-state index is 0.170. The van der Waals surface area contributed by atoms with Crippen molar-refractivity contribution in [2.75, 3.05) is 13.1 Å². The molecule has 2 N–H and O–H groups in total. The Hall–Kier alpha value is -0.570. The minimum absolute atomic E-state index is 0.170. The van der Waals surface area contributed by atoms with E-state index < -0.39 is 0 Å². The lowest BCUT2D eigenvalue weighted by Crippen LogP contribution is -2.47. The highest BCUT2D eigenvalue weighted by Gasteiger charge is 2.29. The van der Waals surface area contributed by atoms with Crippen LogP contribution in [0.3, 0.4) is 0 Å². The minimum Gasteiger partial charge on any atom is -0.339 e. The van der Waals surface area contributed by atoms with Crippen molar-refractivity contribution in [3.63, 3.8) is 0 Å². The zero-order valence-corrected chi connectivity index (χ0v) is 10.0. The molecule has 1 aliphatic rings. The van der Waals surface area contributed by atoms with Gasteiger partial charge in [0.25, 0.3) is 0 Å². The first kappa shape index (κ1) is 12.5. The number of amides is 1. The van der Waals surface area contributed by atoms with E-state index in [1.165, 1.54) is 19.3 Å². The Morgan fingerprint density at radius 1 is 1.53 bits per heavy atom. The summed E-state index contributed by atoms with van der Waals surface area (Å²) in [5, 5.41) is 0. The van der Waals surface area contributed by atoms with Crippen LogP contribution in [0, 0.1) is 5.92 Å². The number of rotatable bonds is 6. The topological polar surface area (TPSA) is 46.3 Å². The van der Waals surface area contributed by atoms with Crippen molar-refractivity contribution in [3.05, 3.63) is 0 Å². The summed E-state index contributed by atoms with van der Waals surface area (Å²) in [5.41, 5.74) is 5.51. The van der Waals surface area contributed by atoms with Gasteiger partial charge in [0.15, 0.2) is 0 Å². The van der Waals surface area contributed by atoms with Crippen LogP contribution in [0.1, 0.15) is 46.0 Å². The highest BCUT2D eigenvalue weighted by Crippen LogP contribution is 2.26. The average Bonchev–Trinajstić information content (AvgIpc) is 2.19. The Bertz CT molecular complexity index is 202. The van der Waals surface area contributed by atoms with Gasteiger partial charge in [0, 0.05) is 18.5 Å². The van der Waals surface area contributed by atoms with Gasteiger partial charge in [-0.3, -0.25) is 4.79 Å². The molecule has 1 saturated carbocycles. The van der Waals surface area contributed by atoms with Crippen LogP contribution in [0.25, 0.3) is 0 Å². The van der Waals surface area contributed by atoms with Gasteiger partial charge in [0.05, 0.1) is 0 Å². The Balaban J connectivity index is 2.49. The molecule has 0 aromatic carbocycles. The van der Waals surface area contributed by atoms with Crippen LogP contribution < -0.4 is 5.73 Å². The molecule has 3 heteroatoms. The van der Waals surface area contributed by atoms with E-state index in [4.69, 9.17) is 5.73 Å². The van der Waals surface area contributed by atoms with Gasteiger partial charge in [-0.15, -0.1) is 0 Å². The smallest absolute Gasteiger partial charge is 0.225 e. The predicted octanol–water partition coefficient (Wildman–Crippen LogP) is 1.76. The number of hydrogen-bond acceptors (Lipinski definition) is 2. The first-order valence-corrected chi connectivity index (χ1v) is 6.21. The summed E-state index contributed by atoms with van der Waals surface area (Å²) < 4.78 is 0. The molecule has 1 aliphatic carbocycles. The third-order valence-electron chi connectivity index (χ3n) is 3.44. The quantitative estimate of drug-likeness (QED) is 0.729. The van der Waals surface area contributed by atoms with E-state index in [2.05, 4.69) is 11.8 Å². The number of nitrogens with two attached hydrogens (primary N) is 1. The molecule has 15 heavy (non-hydrogen) atoms. The van der Waals surface area contributed by atoms with E-state index in [9.17, 15) is 4.79 Å². The van der Waals surface area contributed by atoms with Crippen molar-refractivity contribution >= 4 is 5.91 Å². The third kappa shape index (κ3) is 3.20. The summed E-state index contributed by atoms with van der Waals surface area (Å²) in [6.45, 7) is 5.63. The fourth-order valence-electron chi connectivity index (χ4n) is 1.89. The first-order valence-electron chi connectivity index (χ1n) is 6.21. The van der Waals surface area contributed by atoms with Crippen molar-refractivity contribution < 1.29 is 4.79 Å². The van der Waals surface area contributed by atoms with Gasteiger partial charge in [0.2, 0.25) is 5.91 Å². The van der Waals surface area contributed by atoms with E-state index in [0.29, 0.717) is 18.5 Å². The molecule has 3 nitrogen and oxygen atoms in total. The highest BCUT2D eigenvalue weighted by atomic mass is 16.2. The van der Waals surface area contributed by atoms with Gasteiger partial charge in [0.1, 0.15) is 0 Å². The molecule has 1 atom stereocenters. The fraction of sp³-hybridized carbons (Fsp3) is 0.917. The first-order chi connectivity index (χ1) is 7.20. The van der Waals surface area contributed by atoms with Crippen LogP contribution in [0.4, 0.5) is 0 Å². The second-order valence-corrected chi connectivity index (χ2v) is 4.57. The molecule has 88 valence electrons. The van der Waals surface area contributed by atoms with Crippen LogP contribution in [-0.4, -0.2) is 29.9 Å². The number of carbonyl (C=O) groups excluding carboxylic acids is 1. The number of nitrogens with zero attached hydrogens (tertiary/aromatic N) is 1. The molecule has 0 aliphatic heterocycles. The Kier molecular flexibility index (Phi) is 5.09. The zero-order chi connectivity index (χ0) is 11.3. The van der Waals surface area contributed by atoms with Gasteiger partial charge in [-0.25, -0.2) is 0 Å². The Morgan fingerprint density at radius 3 is 2.60 bits per heavy atom. The third-order valence-corrected chi connectivity index (χ3v) is 3.44. The SMILES string of the molecule is CCC(C)C(=O)N(CCCN)C1CCC1. The van der Waals surface area contributed by atoms with Crippen LogP contribution >= 0.6 is 0 Å². The van der Waals surface area contributed by atoms with Crippen molar-refractivity contribution in [3.8, 4) is 0 Å². The largest absolute Gasteiger partial charge is 0.339 e. The van der Waals surface area contributed by atoms with Gasteiger partial charge in [-0.2, -0.15) is 0 Å². The maximum atomic E-state index is 12.1. The van der Waals surface area contributed by atoms with Gasteiger partial charge in [-0.1, -0.05) is 13.8 Å². The lowest BCUT2D eigenvalue weighted by Gasteiger charge is -2.39. The van der Waals surface area contributed by atoms with Crippen molar-refractivity contribution in [1.29, 1.82) is 0 Å². The maximum absolute atomic E-state index is 12.1. The van der Waals surface area contributed by atoms with Crippen molar-refractivity contribution in [2.24, 2.45) is 11.7 Å². The summed E-state index contributed by atoms with van der Waals surface area (Å²) in [6, 6.07) is 0.512. The van der Waals surface area contributed by atoms with Crippen LogP contribution in [0.2, 0.25) is 0 Å². The molecular weight excluding hydrogens is 188 g/mol. The van der Waals surface area contributed by atoms with Crippen LogP contribution in [0.5, 0.6) is 0 Å². The normalized spacial score (nSPS) is 18.3. The maximum Gasteiger partial charge on any atom is 0.225 e. The molecule has 0 radical (unpaired) electrons. The second kappa shape index (κ2) is 6.11. The highest BCUT2D eigenvalue weighted by molar-refractivity contribution is 5.78. The summed E-state index contributed by atoms with van der Waals surface area (Å²) >= 11 is 0. The lowest BCUT2D eigenvalue weighted by atomic mass is 9.90. The van der Waals surface area contributed by atoms with Gasteiger partial charge >= 0.3 is 0 Å². The van der Waals surface area contributed by atoms with Crippen molar-refractivity contribution in [1.82, 2.24) is 4.90 Å². The van der Waals surface area contributed by atoms with E-state index in [1.54, 1.807) is 0 Å². The monoisotopic (exact) mass is 212 g/mol. The Labute approximate surface area is 93.0 Å². The molecule has 0 aromatic rings. The summed E-state index contributed by atoms with van der Waals surface area (Å²) in [4.78, 5) is 14.2. The second-order valence-electron chi connectivity index (χ2n) is 4.57. The van der Waals surface area contributed by atoms with E-state index >= 15 is 0 Å². The standard InChI is InChI=1S/C12H24N2O/c1-3-10(2)12(15)14(9-5-8-13)11-6-4-7-11/h10-11H,3-9,13H2,1-2H3.